The molecule has 0 bridgehead atoms. The topological polar surface area (TPSA) is 21.3 Å². The van der Waals surface area contributed by atoms with Crippen molar-refractivity contribution in [2.75, 3.05) is 13.2 Å². The van der Waals surface area contributed by atoms with Crippen molar-refractivity contribution in [2.24, 2.45) is 0 Å². The van der Waals surface area contributed by atoms with Crippen LogP contribution in [0.4, 0.5) is 0 Å². The molecule has 2 atom stereocenters. The number of nitrogens with one attached hydrogen (secondary N) is 1. The van der Waals surface area contributed by atoms with Crippen LogP contribution in [-0.4, -0.2) is 19.3 Å². The second-order valence-corrected chi connectivity index (χ2v) is 7.02. The summed E-state index contributed by atoms with van der Waals surface area (Å²) >= 11 is 7.81. The highest BCUT2D eigenvalue weighted by molar-refractivity contribution is 7.16. The van der Waals surface area contributed by atoms with Gasteiger partial charge in [-0.3, -0.25) is 0 Å². The maximum Gasteiger partial charge on any atom is 0.0934 e. The van der Waals surface area contributed by atoms with Crippen molar-refractivity contribution in [1.82, 2.24) is 5.32 Å². The van der Waals surface area contributed by atoms with Crippen molar-refractivity contribution < 1.29 is 4.74 Å². The van der Waals surface area contributed by atoms with Gasteiger partial charge in [0.1, 0.15) is 0 Å². The molecule has 0 amide bonds. The number of hydrogen-bond acceptors (Lipinski definition) is 3. The van der Waals surface area contributed by atoms with Crippen molar-refractivity contribution in [1.29, 1.82) is 0 Å². The first-order valence-electron chi connectivity index (χ1n) is 6.96. The molecule has 0 radical (unpaired) electrons. The molecule has 1 aliphatic heterocycles. The fraction of sp³-hybridized carbons (Fsp3) is 0.714. The van der Waals surface area contributed by atoms with Crippen LogP contribution in [0.25, 0.3) is 0 Å². The summed E-state index contributed by atoms with van der Waals surface area (Å²) in [6, 6.07) is 2.66. The Bertz CT molecular complexity index is 400. The molecule has 18 heavy (non-hydrogen) atoms. The van der Waals surface area contributed by atoms with E-state index in [0.29, 0.717) is 12.1 Å². The summed E-state index contributed by atoms with van der Waals surface area (Å²) in [5, 5.41) is 3.67. The third-order valence-electron chi connectivity index (χ3n) is 3.98. The van der Waals surface area contributed by atoms with Gasteiger partial charge in [-0.25, -0.2) is 0 Å². The molecule has 0 saturated carbocycles. The number of aryl methyl sites for hydroxylation is 1. The van der Waals surface area contributed by atoms with Crippen LogP contribution in [0.1, 0.15) is 48.6 Å². The van der Waals surface area contributed by atoms with Crippen LogP contribution in [0.2, 0.25) is 4.34 Å². The second-order valence-electron chi connectivity index (χ2n) is 5.25. The zero-order valence-corrected chi connectivity index (χ0v) is 12.2. The van der Waals surface area contributed by atoms with E-state index in [1.165, 1.54) is 42.5 Å². The van der Waals surface area contributed by atoms with Gasteiger partial charge in [-0.15, -0.1) is 11.3 Å². The van der Waals surface area contributed by atoms with Gasteiger partial charge in [0.05, 0.1) is 10.4 Å². The minimum atomic E-state index is 0.484. The molecule has 0 aromatic carbocycles. The highest BCUT2D eigenvalue weighted by Gasteiger charge is 2.24. The van der Waals surface area contributed by atoms with Crippen molar-refractivity contribution in [3.05, 3.63) is 20.8 Å². The van der Waals surface area contributed by atoms with Gasteiger partial charge in [-0.2, -0.15) is 0 Å². The lowest BCUT2D eigenvalue weighted by Crippen LogP contribution is -2.27. The van der Waals surface area contributed by atoms with E-state index in [-0.39, 0.29) is 0 Å². The molecule has 2 nitrogen and oxygen atoms in total. The Morgan fingerprint density at radius 2 is 2.33 bits per heavy atom. The van der Waals surface area contributed by atoms with Crippen LogP contribution in [0.3, 0.4) is 0 Å². The number of thiophene rings is 1. The van der Waals surface area contributed by atoms with Crippen LogP contribution >= 0.6 is 22.9 Å². The number of rotatable bonds is 4. The summed E-state index contributed by atoms with van der Waals surface area (Å²) < 4.78 is 6.69. The summed E-state index contributed by atoms with van der Waals surface area (Å²) in [5.41, 5.74) is 1.44. The summed E-state index contributed by atoms with van der Waals surface area (Å²) in [5.74, 6) is 0. The van der Waals surface area contributed by atoms with Gasteiger partial charge < -0.3 is 10.1 Å². The molecular formula is C14H20ClNOS. The quantitative estimate of drug-likeness (QED) is 0.905. The molecule has 1 aromatic heterocycles. The molecule has 2 heterocycles. The Labute approximate surface area is 118 Å². The van der Waals surface area contributed by atoms with Crippen LogP contribution < -0.4 is 5.32 Å². The van der Waals surface area contributed by atoms with Crippen LogP contribution in [0, 0.1) is 0 Å². The highest BCUT2D eigenvalue weighted by atomic mass is 35.5. The zero-order chi connectivity index (χ0) is 12.4. The van der Waals surface area contributed by atoms with Gasteiger partial charge in [0, 0.05) is 17.5 Å². The third-order valence-corrected chi connectivity index (χ3v) is 5.32. The van der Waals surface area contributed by atoms with E-state index in [0.717, 1.165) is 23.9 Å². The average molecular weight is 286 g/mol. The van der Waals surface area contributed by atoms with Gasteiger partial charge >= 0.3 is 0 Å². The van der Waals surface area contributed by atoms with Crippen LogP contribution in [0.5, 0.6) is 0 Å². The Morgan fingerprint density at radius 3 is 3.17 bits per heavy atom. The van der Waals surface area contributed by atoms with Gasteiger partial charge in [-0.1, -0.05) is 11.6 Å². The monoisotopic (exact) mass is 285 g/mol. The standard InChI is InChI=1S/C14H20ClNOS/c15-14-9-11-12(4-5-13(11)18-14)16-7-6-10-3-1-2-8-17-10/h9-10,12,16H,1-8H2. The van der Waals surface area contributed by atoms with Gasteiger partial charge in [-0.05, 0) is 56.7 Å². The van der Waals surface area contributed by atoms with Gasteiger partial charge in [0.2, 0.25) is 0 Å². The van der Waals surface area contributed by atoms with Crippen molar-refractivity contribution in [3.63, 3.8) is 0 Å². The van der Waals surface area contributed by atoms with E-state index in [2.05, 4.69) is 11.4 Å². The minimum absolute atomic E-state index is 0.484. The largest absolute Gasteiger partial charge is 0.378 e. The molecule has 1 aromatic rings. The van der Waals surface area contributed by atoms with Gasteiger partial charge in [0.25, 0.3) is 0 Å². The molecule has 100 valence electrons. The Hall–Kier alpha value is -0.0900. The Kier molecular flexibility index (Phi) is 4.24. The first kappa shape index (κ1) is 12.9. The van der Waals surface area contributed by atoms with E-state index < -0.39 is 0 Å². The molecule has 4 heteroatoms. The van der Waals surface area contributed by atoms with Crippen LogP contribution in [-0.2, 0) is 11.2 Å². The van der Waals surface area contributed by atoms with E-state index in [1.807, 2.05) is 0 Å². The summed E-state index contributed by atoms with van der Waals surface area (Å²) in [6.07, 6.45) is 7.85. The van der Waals surface area contributed by atoms with Crippen LogP contribution in [0.15, 0.2) is 6.07 Å². The smallest absolute Gasteiger partial charge is 0.0934 e. The summed E-state index contributed by atoms with van der Waals surface area (Å²) in [6.45, 7) is 2.01. The fourth-order valence-corrected chi connectivity index (χ4v) is 4.35. The molecule has 1 aliphatic carbocycles. The molecule has 2 aliphatic rings. The molecular weight excluding hydrogens is 266 g/mol. The Morgan fingerprint density at radius 1 is 1.39 bits per heavy atom. The zero-order valence-electron chi connectivity index (χ0n) is 10.6. The fourth-order valence-electron chi connectivity index (χ4n) is 3.00. The number of ether oxygens (including phenoxy) is 1. The summed E-state index contributed by atoms with van der Waals surface area (Å²) in [4.78, 5) is 1.48. The second kappa shape index (κ2) is 5.91. The normalized spacial score (nSPS) is 27.4. The van der Waals surface area contributed by atoms with E-state index in [9.17, 15) is 0 Å². The molecule has 3 rings (SSSR count). The number of fused-ring (bicyclic) bond motifs is 1. The molecule has 1 saturated heterocycles. The molecule has 1 N–H and O–H groups in total. The minimum Gasteiger partial charge on any atom is -0.378 e. The number of halogens is 1. The molecule has 0 spiro atoms. The third kappa shape index (κ3) is 2.90. The van der Waals surface area contributed by atoms with Crippen molar-refractivity contribution >= 4 is 22.9 Å². The van der Waals surface area contributed by atoms with Crippen molar-refractivity contribution in [2.45, 2.75) is 50.7 Å². The van der Waals surface area contributed by atoms with E-state index in [4.69, 9.17) is 16.3 Å². The predicted octanol–water partition coefficient (Wildman–Crippen LogP) is 3.94. The van der Waals surface area contributed by atoms with Gasteiger partial charge in [0.15, 0.2) is 0 Å². The first-order chi connectivity index (χ1) is 8.83. The maximum atomic E-state index is 6.07. The lowest BCUT2D eigenvalue weighted by molar-refractivity contribution is 0.0112. The maximum absolute atomic E-state index is 6.07. The number of hydrogen-bond donors (Lipinski definition) is 1. The first-order valence-corrected chi connectivity index (χ1v) is 8.15. The molecule has 2 unspecified atom stereocenters. The predicted molar refractivity (Wildman–Crippen MR) is 76.6 cm³/mol. The average Bonchev–Trinajstić information content (AvgIpc) is 2.91. The summed E-state index contributed by atoms with van der Waals surface area (Å²) in [7, 11) is 0. The van der Waals surface area contributed by atoms with E-state index in [1.54, 1.807) is 11.3 Å². The lowest BCUT2D eigenvalue weighted by atomic mass is 10.1. The van der Waals surface area contributed by atoms with Crippen molar-refractivity contribution in [3.8, 4) is 0 Å². The lowest BCUT2D eigenvalue weighted by Gasteiger charge is -2.23. The van der Waals surface area contributed by atoms with E-state index >= 15 is 0 Å². The Balaban J connectivity index is 1.46. The molecule has 1 fully saturated rings. The highest BCUT2D eigenvalue weighted by Crippen LogP contribution is 2.39. The SMILES string of the molecule is Clc1cc2c(s1)CCC2NCCC1CCCCO1.